The number of rotatable bonds is 5. The molecule has 2 N–H and O–H groups in total. The number of thioether (sulfide) groups is 1. The van der Waals surface area contributed by atoms with Crippen molar-refractivity contribution in [2.45, 2.75) is 11.8 Å². The summed E-state index contributed by atoms with van der Waals surface area (Å²) >= 11 is 1.33. The molecule has 2 aromatic rings. The fraction of sp³-hybridized carbons (Fsp3) is 0.167. The first kappa shape index (κ1) is 19.2. The predicted molar refractivity (Wildman–Crippen MR) is 92.6 cm³/mol. The van der Waals surface area contributed by atoms with Gasteiger partial charge in [-0.3, -0.25) is 9.59 Å². The summed E-state index contributed by atoms with van der Waals surface area (Å²) in [6.07, 6.45) is 5.88. The molecule has 1 aliphatic rings. The van der Waals surface area contributed by atoms with Crippen LogP contribution in [0, 0.1) is 0 Å². The number of nitrogens with one attached hydrogen (secondary N) is 2. The fourth-order valence-corrected chi connectivity index (χ4v) is 3.37. The van der Waals surface area contributed by atoms with Crippen LogP contribution < -0.4 is 32.2 Å². The normalized spacial score (nSPS) is 17.7. The van der Waals surface area contributed by atoms with Crippen LogP contribution in [0.1, 0.15) is 10.9 Å². The summed E-state index contributed by atoms with van der Waals surface area (Å²) in [6, 6.07) is 15.6. The molecule has 1 saturated heterocycles. The van der Waals surface area contributed by atoms with Gasteiger partial charge in [0.2, 0.25) is 5.91 Å². The van der Waals surface area contributed by atoms with Crippen LogP contribution in [0.25, 0.3) is 0 Å². The summed E-state index contributed by atoms with van der Waals surface area (Å²) in [6.45, 7) is 0.558. The first-order valence-electron chi connectivity index (χ1n) is 7.69. The molecular formula is C18H18BrN3O2S. The maximum atomic E-state index is 12.0. The van der Waals surface area contributed by atoms with E-state index in [9.17, 15) is 9.59 Å². The number of carbonyl (C=O) groups is 2. The van der Waals surface area contributed by atoms with Gasteiger partial charge in [-0.1, -0.05) is 36.4 Å². The monoisotopic (exact) mass is 419 g/mol. The van der Waals surface area contributed by atoms with Crippen LogP contribution in [0.15, 0.2) is 72.0 Å². The second-order valence-electron chi connectivity index (χ2n) is 5.32. The van der Waals surface area contributed by atoms with E-state index in [2.05, 4.69) is 10.6 Å². The lowest BCUT2D eigenvalue weighted by atomic mass is 10.1. The molecule has 2 amide bonds. The lowest BCUT2D eigenvalue weighted by Crippen LogP contribution is -3.00. The molecule has 5 nitrogen and oxygen atoms in total. The van der Waals surface area contributed by atoms with Gasteiger partial charge >= 0.3 is 5.91 Å². The highest BCUT2D eigenvalue weighted by Gasteiger charge is 2.36. The van der Waals surface area contributed by atoms with Crippen molar-refractivity contribution in [3.63, 3.8) is 0 Å². The summed E-state index contributed by atoms with van der Waals surface area (Å²) in [4.78, 5) is 24.0. The SMILES string of the molecule is O=C(/C=C1/NC(=O)C([n+]2ccccc2)S1)NCCc1ccccc1.[Br-]. The fourth-order valence-electron chi connectivity index (χ4n) is 2.37. The number of pyridine rings is 1. The Morgan fingerprint density at radius 3 is 2.56 bits per heavy atom. The molecule has 1 aromatic carbocycles. The summed E-state index contributed by atoms with van der Waals surface area (Å²) in [5.74, 6) is -0.327. The summed E-state index contributed by atoms with van der Waals surface area (Å²) in [5, 5.41) is 5.77. The summed E-state index contributed by atoms with van der Waals surface area (Å²) in [5.41, 5.74) is 1.18. The Bertz CT molecular complexity index is 753. The second-order valence-corrected chi connectivity index (χ2v) is 6.44. The van der Waals surface area contributed by atoms with E-state index in [4.69, 9.17) is 0 Å². The number of hydrogen-bond donors (Lipinski definition) is 2. The van der Waals surface area contributed by atoms with Crippen LogP contribution >= 0.6 is 11.8 Å². The zero-order valence-electron chi connectivity index (χ0n) is 13.4. The zero-order chi connectivity index (χ0) is 16.8. The second kappa shape index (κ2) is 9.39. The maximum absolute atomic E-state index is 12.0. The van der Waals surface area contributed by atoms with Crippen LogP contribution in [0.5, 0.6) is 0 Å². The highest BCUT2D eigenvalue weighted by Crippen LogP contribution is 2.30. The van der Waals surface area contributed by atoms with Gasteiger partial charge in [0.25, 0.3) is 5.37 Å². The molecule has 1 aliphatic heterocycles. The van der Waals surface area contributed by atoms with Crippen molar-refractivity contribution in [1.82, 2.24) is 10.6 Å². The molecule has 7 heteroatoms. The topological polar surface area (TPSA) is 62.1 Å². The molecule has 3 rings (SSSR count). The van der Waals surface area contributed by atoms with E-state index in [1.54, 1.807) is 0 Å². The molecule has 25 heavy (non-hydrogen) atoms. The van der Waals surface area contributed by atoms with Crippen molar-refractivity contribution >= 4 is 23.6 Å². The van der Waals surface area contributed by atoms with Crippen molar-refractivity contribution in [3.8, 4) is 0 Å². The van der Waals surface area contributed by atoms with Gasteiger partial charge in [-0.2, -0.15) is 4.57 Å². The van der Waals surface area contributed by atoms with E-state index < -0.39 is 0 Å². The predicted octanol–water partition coefficient (Wildman–Crippen LogP) is -1.46. The third kappa shape index (κ3) is 5.44. The molecule has 0 spiro atoms. The minimum Gasteiger partial charge on any atom is -1.00 e. The van der Waals surface area contributed by atoms with Gasteiger partial charge in [0.05, 0.1) is 5.03 Å². The lowest BCUT2D eigenvalue weighted by Gasteiger charge is -2.03. The number of amides is 2. The Labute approximate surface area is 161 Å². The first-order chi connectivity index (χ1) is 11.7. The highest BCUT2D eigenvalue weighted by molar-refractivity contribution is 8.04. The van der Waals surface area contributed by atoms with Crippen molar-refractivity contribution in [2.24, 2.45) is 0 Å². The minimum absolute atomic E-state index is 0. The summed E-state index contributed by atoms with van der Waals surface area (Å²) < 4.78 is 1.81. The Balaban J connectivity index is 0.00000225. The Morgan fingerprint density at radius 2 is 1.84 bits per heavy atom. The number of nitrogens with zero attached hydrogens (tertiary/aromatic N) is 1. The van der Waals surface area contributed by atoms with Gasteiger partial charge in [0.15, 0.2) is 12.4 Å². The van der Waals surface area contributed by atoms with Crippen molar-refractivity contribution in [3.05, 3.63) is 77.6 Å². The van der Waals surface area contributed by atoms with Gasteiger partial charge in [-0.15, -0.1) is 0 Å². The van der Waals surface area contributed by atoms with Gasteiger partial charge in [0.1, 0.15) is 0 Å². The Morgan fingerprint density at radius 1 is 1.16 bits per heavy atom. The van der Waals surface area contributed by atoms with E-state index in [1.165, 1.54) is 23.4 Å². The molecule has 0 bridgehead atoms. The lowest BCUT2D eigenvalue weighted by molar-refractivity contribution is -0.686. The number of carbonyl (C=O) groups excluding carboxylic acids is 2. The maximum Gasteiger partial charge on any atom is 0.305 e. The van der Waals surface area contributed by atoms with Gasteiger partial charge in [-0.25, -0.2) is 0 Å². The third-order valence-electron chi connectivity index (χ3n) is 3.54. The standard InChI is InChI=1S/C18H17N3O2S.BrH/c22-15(19-10-9-14-7-3-1-4-8-14)13-16-20-17(23)18(24-16)21-11-5-2-6-12-21;/h1-8,11-13,18H,9-10H2,(H-,19,20,22,23);1H. The van der Waals surface area contributed by atoms with Crippen molar-refractivity contribution < 1.29 is 31.1 Å². The molecular weight excluding hydrogens is 402 g/mol. The third-order valence-corrected chi connectivity index (χ3v) is 4.69. The number of benzene rings is 1. The van der Waals surface area contributed by atoms with Crippen LogP contribution in [0.3, 0.4) is 0 Å². The molecule has 0 aliphatic carbocycles. The van der Waals surface area contributed by atoms with E-state index >= 15 is 0 Å². The molecule has 1 fully saturated rings. The zero-order valence-corrected chi connectivity index (χ0v) is 15.8. The largest absolute Gasteiger partial charge is 1.00 e. The Kier molecular flexibility index (Phi) is 7.21. The van der Waals surface area contributed by atoms with Crippen molar-refractivity contribution in [1.29, 1.82) is 0 Å². The Hall–Kier alpha value is -2.12. The highest BCUT2D eigenvalue weighted by atomic mass is 79.9. The van der Waals surface area contributed by atoms with Crippen LogP contribution in [-0.4, -0.2) is 18.4 Å². The number of aromatic nitrogens is 1. The van der Waals surface area contributed by atoms with Gasteiger partial charge in [-0.05, 0) is 23.7 Å². The molecule has 1 aromatic heterocycles. The smallest absolute Gasteiger partial charge is 0.305 e. The molecule has 1 unspecified atom stereocenters. The average Bonchev–Trinajstić information content (AvgIpc) is 2.97. The first-order valence-corrected chi connectivity index (χ1v) is 8.57. The van der Waals surface area contributed by atoms with Crippen LogP contribution in [-0.2, 0) is 16.0 Å². The van der Waals surface area contributed by atoms with Crippen molar-refractivity contribution in [2.75, 3.05) is 6.54 Å². The van der Waals surface area contributed by atoms with E-state index in [0.29, 0.717) is 11.6 Å². The molecule has 1 atom stereocenters. The van der Waals surface area contributed by atoms with Gasteiger partial charge < -0.3 is 27.6 Å². The molecule has 2 heterocycles. The van der Waals surface area contributed by atoms with Crippen LogP contribution in [0.4, 0.5) is 0 Å². The number of halogens is 1. The van der Waals surface area contributed by atoms with E-state index in [0.717, 1.165) is 6.42 Å². The van der Waals surface area contributed by atoms with E-state index in [-0.39, 0.29) is 34.2 Å². The van der Waals surface area contributed by atoms with Crippen LogP contribution in [0.2, 0.25) is 0 Å². The molecule has 0 radical (unpaired) electrons. The van der Waals surface area contributed by atoms with E-state index in [1.807, 2.05) is 65.5 Å². The summed E-state index contributed by atoms with van der Waals surface area (Å²) in [7, 11) is 0. The minimum atomic E-state index is -0.380. The van der Waals surface area contributed by atoms with Gasteiger partial charge in [0, 0.05) is 24.8 Å². The molecule has 130 valence electrons. The molecule has 0 saturated carbocycles. The average molecular weight is 420 g/mol. The quantitative estimate of drug-likeness (QED) is 0.459. The number of hydrogen-bond acceptors (Lipinski definition) is 3.